The number of nitrogens with zero attached hydrogens (tertiary/aromatic N) is 6. The van der Waals surface area contributed by atoms with Crippen LogP contribution in [-0.2, 0) is 6.54 Å². The fourth-order valence-electron chi connectivity index (χ4n) is 3.08. The van der Waals surface area contributed by atoms with Crippen LogP contribution in [0.25, 0.3) is 16.9 Å². The van der Waals surface area contributed by atoms with E-state index in [1.807, 2.05) is 67.0 Å². The van der Waals surface area contributed by atoms with E-state index >= 15 is 0 Å². The lowest BCUT2D eigenvalue weighted by Crippen LogP contribution is -2.08. The first-order valence-corrected chi connectivity index (χ1v) is 9.05. The Kier molecular flexibility index (Phi) is 4.57. The van der Waals surface area contributed by atoms with Gasteiger partial charge in [0.05, 0.1) is 24.6 Å². The topological polar surface area (TPSA) is 63.3 Å². The van der Waals surface area contributed by atoms with Gasteiger partial charge in [-0.1, -0.05) is 18.2 Å². The number of rotatable bonds is 6. The molecule has 0 bridgehead atoms. The second kappa shape index (κ2) is 7.19. The lowest BCUT2D eigenvalue weighted by Gasteiger charge is -2.14. The number of anilines is 3. The summed E-state index contributed by atoms with van der Waals surface area (Å²) in [5.41, 5.74) is 5.87. The van der Waals surface area contributed by atoms with Gasteiger partial charge >= 0.3 is 0 Å². The summed E-state index contributed by atoms with van der Waals surface area (Å²) >= 11 is 0. The molecule has 0 aliphatic carbocycles. The molecule has 3 aromatic heterocycles. The van der Waals surface area contributed by atoms with Gasteiger partial charge in [0.1, 0.15) is 0 Å². The zero-order chi connectivity index (χ0) is 19.7. The average molecular weight is 373 g/mol. The molecule has 7 heteroatoms. The van der Waals surface area contributed by atoms with Gasteiger partial charge in [-0.05, 0) is 25.1 Å². The number of benzene rings is 1. The maximum absolute atomic E-state index is 4.59. The van der Waals surface area contributed by atoms with Crippen molar-refractivity contribution in [3.63, 3.8) is 0 Å². The van der Waals surface area contributed by atoms with Gasteiger partial charge in [-0.25, -0.2) is 9.97 Å². The van der Waals surface area contributed by atoms with Crippen LogP contribution in [0.2, 0.25) is 0 Å². The van der Waals surface area contributed by atoms with Crippen molar-refractivity contribution in [2.75, 3.05) is 24.3 Å². The number of imidazole rings is 1. The summed E-state index contributed by atoms with van der Waals surface area (Å²) in [6, 6.07) is 8.18. The van der Waals surface area contributed by atoms with E-state index in [4.69, 9.17) is 0 Å². The van der Waals surface area contributed by atoms with Crippen molar-refractivity contribution in [3.8, 4) is 11.3 Å². The molecule has 0 spiro atoms. The highest BCUT2D eigenvalue weighted by molar-refractivity contribution is 5.75. The molecule has 4 aromatic rings. The number of hydrogen-bond donors (Lipinski definition) is 1. The molecule has 0 atom stereocenters. The van der Waals surface area contributed by atoms with E-state index in [1.165, 1.54) is 0 Å². The van der Waals surface area contributed by atoms with Crippen molar-refractivity contribution in [1.82, 2.24) is 24.1 Å². The van der Waals surface area contributed by atoms with Gasteiger partial charge in [-0.15, -0.1) is 0 Å². The largest absolute Gasteiger partial charge is 0.378 e. The van der Waals surface area contributed by atoms with Crippen LogP contribution < -0.4 is 10.2 Å². The highest BCUT2D eigenvalue weighted by atomic mass is 15.3. The molecule has 1 aromatic carbocycles. The Bertz CT molecular complexity index is 1140. The van der Waals surface area contributed by atoms with Gasteiger partial charge < -0.3 is 10.2 Å². The molecule has 0 aliphatic heterocycles. The Morgan fingerprint density at radius 2 is 2.07 bits per heavy atom. The van der Waals surface area contributed by atoms with Crippen LogP contribution in [0.5, 0.6) is 0 Å². The Morgan fingerprint density at radius 3 is 2.86 bits per heavy atom. The lowest BCUT2D eigenvalue weighted by atomic mass is 10.2. The molecule has 0 unspecified atom stereocenters. The highest BCUT2D eigenvalue weighted by Gasteiger charge is 2.12. The van der Waals surface area contributed by atoms with Crippen molar-refractivity contribution >= 4 is 22.8 Å². The second-order valence-electron chi connectivity index (χ2n) is 7.07. The predicted octanol–water partition coefficient (Wildman–Crippen LogP) is 3.98. The minimum atomic E-state index is 0.702. The summed E-state index contributed by atoms with van der Waals surface area (Å²) < 4.78 is 3.90. The second-order valence-corrected chi connectivity index (χ2v) is 7.07. The zero-order valence-electron chi connectivity index (χ0n) is 16.3. The molecule has 142 valence electrons. The summed E-state index contributed by atoms with van der Waals surface area (Å²) in [6.45, 7) is 6.64. The van der Waals surface area contributed by atoms with Crippen molar-refractivity contribution in [3.05, 3.63) is 67.4 Å². The van der Waals surface area contributed by atoms with Gasteiger partial charge in [-0.3, -0.25) is 9.08 Å². The van der Waals surface area contributed by atoms with E-state index in [0.29, 0.717) is 12.4 Å². The van der Waals surface area contributed by atoms with Gasteiger partial charge in [0, 0.05) is 49.6 Å². The molecule has 0 fully saturated rings. The normalized spacial score (nSPS) is 11.0. The van der Waals surface area contributed by atoms with E-state index in [-0.39, 0.29) is 0 Å². The predicted molar refractivity (Wildman–Crippen MR) is 113 cm³/mol. The molecule has 0 saturated carbocycles. The van der Waals surface area contributed by atoms with Crippen LogP contribution in [0.4, 0.5) is 17.2 Å². The summed E-state index contributed by atoms with van der Waals surface area (Å²) in [6.07, 6.45) is 9.39. The molecule has 3 heterocycles. The van der Waals surface area contributed by atoms with Crippen molar-refractivity contribution in [2.24, 2.45) is 0 Å². The van der Waals surface area contributed by atoms with E-state index in [9.17, 15) is 0 Å². The van der Waals surface area contributed by atoms with Crippen LogP contribution in [0.3, 0.4) is 0 Å². The smallest absolute Gasteiger partial charge is 0.180 e. The zero-order valence-corrected chi connectivity index (χ0v) is 16.3. The minimum Gasteiger partial charge on any atom is -0.378 e. The minimum absolute atomic E-state index is 0.702. The summed E-state index contributed by atoms with van der Waals surface area (Å²) in [5, 5.41) is 7.80. The fourth-order valence-corrected chi connectivity index (χ4v) is 3.08. The van der Waals surface area contributed by atoms with Gasteiger partial charge in [0.15, 0.2) is 11.5 Å². The van der Waals surface area contributed by atoms with E-state index in [1.54, 1.807) is 6.20 Å². The number of fused-ring (bicyclic) bond motifs is 1. The molecule has 1 N–H and O–H groups in total. The lowest BCUT2D eigenvalue weighted by molar-refractivity contribution is 0.679. The molecule has 0 saturated heterocycles. The van der Waals surface area contributed by atoms with Gasteiger partial charge in [0.2, 0.25) is 0 Å². The first-order chi connectivity index (χ1) is 13.5. The number of allylic oxidation sites excluding steroid dienone is 1. The monoisotopic (exact) mass is 373 g/mol. The summed E-state index contributed by atoms with van der Waals surface area (Å²) in [7, 11) is 4.04. The van der Waals surface area contributed by atoms with Crippen LogP contribution in [0, 0.1) is 0 Å². The molecular formula is C21H23N7. The van der Waals surface area contributed by atoms with Crippen LogP contribution >= 0.6 is 0 Å². The standard InChI is InChI=1S/C21H23N7/c1-15(2)13-27-14-16(11-24-27)19-12-23-21-20(22-8-9-28(19)21)25-17-6-5-7-18(10-17)26(3)4/h5-12,14H,1,13H2,2-4H3,(H,22,25). The summed E-state index contributed by atoms with van der Waals surface area (Å²) in [5.74, 6) is 0.707. The van der Waals surface area contributed by atoms with Crippen LogP contribution in [-0.4, -0.2) is 38.2 Å². The number of hydrogen-bond acceptors (Lipinski definition) is 5. The maximum atomic E-state index is 4.59. The molecule has 0 amide bonds. The SMILES string of the molecule is C=C(C)Cn1cc(-c2cnc3c(Nc4cccc(N(C)C)c4)nccn23)cn1. The van der Waals surface area contributed by atoms with Gasteiger partial charge in [-0.2, -0.15) is 5.10 Å². The van der Waals surface area contributed by atoms with E-state index in [2.05, 4.69) is 44.0 Å². The summed E-state index contributed by atoms with van der Waals surface area (Å²) in [4.78, 5) is 11.1. The van der Waals surface area contributed by atoms with Crippen molar-refractivity contribution in [1.29, 1.82) is 0 Å². The Balaban J connectivity index is 1.68. The quantitative estimate of drug-likeness (QED) is 0.518. The van der Waals surface area contributed by atoms with Gasteiger partial charge in [0.25, 0.3) is 0 Å². The first-order valence-electron chi connectivity index (χ1n) is 9.05. The molecular weight excluding hydrogens is 350 g/mol. The number of nitrogens with one attached hydrogen (secondary N) is 1. The fraction of sp³-hybridized carbons (Fsp3) is 0.190. The van der Waals surface area contributed by atoms with E-state index in [0.717, 1.165) is 33.9 Å². The Morgan fingerprint density at radius 1 is 1.21 bits per heavy atom. The molecule has 0 aliphatic rings. The third-order valence-electron chi connectivity index (χ3n) is 4.41. The molecule has 0 radical (unpaired) electrons. The van der Waals surface area contributed by atoms with Crippen molar-refractivity contribution < 1.29 is 0 Å². The Labute approximate surface area is 164 Å². The Hall–Kier alpha value is -3.61. The third-order valence-corrected chi connectivity index (χ3v) is 4.41. The third kappa shape index (κ3) is 3.46. The molecule has 4 rings (SSSR count). The number of aromatic nitrogens is 5. The highest BCUT2D eigenvalue weighted by Crippen LogP contribution is 2.26. The molecule has 28 heavy (non-hydrogen) atoms. The van der Waals surface area contributed by atoms with Crippen molar-refractivity contribution in [2.45, 2.75) is 13.5 Å². The first kappa shape index (κ1) is 17.8. The average Bonchev–Trinajstić information content (AvgIpc) is 3.28. The van der Waals surface area contributed by atoms with E-state index < -0.39 is 0 Å². The van der Waals surface area contributed by atoms with Crippen LogP contribution in [0.15, 0.2) is 67.4 Å². The maximum Gasteiger partial charge on any atom is 0.180 e. The molecule has 7 nitrogen and oxygen atoms in total. The van der Waals surface area contributed by atoms with Crippen LogP contribution in [0.1, 0.15) is 6.92 Å².